The number of nitrogens with two attached hydrogens (primary N) is 1. The molecule has 0 bridgehead atoms. The minimum absolute atomic E-state index is 0.0469. The third-order valence-electron chi connectivity index (χ3n) is 3.02. The molecule has 2 rings (SSSR count). The van der Waals surface area contributed by atoms with Crippen LogP contribution in [0.3, 0.4) is 0 Å². The first kappa shape index (κ1) is 13.5. The molecule has 0 atom stereocenters. The second-order valence-corrected chi connectivity index (χ2v) is 4.57. The highest BCUT2D eigenvalue weighted by molar-refractivity contribution is 6.32. The van der Waals surface area contributed by atoms with Gasteiger partial charge < -0.3 is 5.73 Å². The van der Waals surface area contributed by atoms with Crippen LogP contribution in [0.1, 0.15) is 17.0 Å². The highest BCUT2D eigenvalue weighted by Crippen LogP contribution is 2.27. The number of nitro groups is 1. The largest absolute Gasteiger partial charge is 0.326 e. The maximum Gasteiger partial charge on any atom is 0.271 e. The molecule has 0 unspecified atom stereocenters. The molecule has 0 aliphatic rings. The van der Waals surface area contributed by atoms with Crippen molar-refractivity contribution in [1.29, 1.82) is 0 Å². The monoisotopic (exact) mass is 280 g/mol. The molecule has 2 aromatic rings. The highest BCUT2D eigenvalue weighted by atomic mass is 35.5. The molecule has 7 heteroatoms. The molecule has 0 fully saturated rings. The molecule has 100 valence electrons. The van der Waals surface area contributed by atoms with Gasteiger partial charge in [-0.05, 0) is 19.9 Å². The summed E-state index contributed by atoms with van der Waals surface area (Å²) in [5, 5.41) is 15.3. The molecule has 0 aliphatic heterocycles. The predicted octanol–water partition coefficient (Wildman–Crippen LogP) is 2.51. The van der Waals surface area contributed by atoms with Crippen molar-refractivity contribution in [2.75, 3.05) is 0 Å². The Balaban J connectivity index is 2.57. The molecule has 1 aromatic heterocycles. The second kappa shape index (κ2) is 4.99. The van der Waals surface area contributed by atoms with E-state index in [1.165, 1.54) is 12.1 Å². The summed E-state index contributed by atoms with van der Waals surface area (Å²) in [5.74, 6) is 0. The summed E-state index contributed by atoms with van der Waals surface area (Å²) in [6.07, 6.45) is 0. The van der Waals surface area contributed by atoms with Crippen LogP contribution in [0.2, 0.25) is 5.02 Å². The van der Waals surface area contributed by atoms with E-state index < -0.39 is 4.92 Å². The van der Waals surface area contributed by atoms with Gasteiger partial charge in [-0.2, -0.15) is 5.10 Å². The summed E-state index contributed by atoms with van der Waals surface area (Å²) in [7, 11) is 0. The molecule has 0 saturated heterocycles. The number of benzene rings is 1. The van der Waals surface area contributed by atoms with Crippen LogP contribution in [0.4, 0.5) is 5.69 Å². The maximum absolute atomic E-state index is 10.7. The van der Waals surface area contributed by atoms with Crippen LogP contribution in [0.5, 0.6) is 0 Å². The molecule has 1 heterocycles. The van der Waals surface area contributed by atoms with Crippen molar-refractivity contribution in [1.82, 2.24) is 9.78 Å². The third kappa shape index (κ3) is 2.32. The van der Waals surface area contributed by atoms with Crippen LogP contribution in [0.25, 0.3) is 5.69 Å². The van der Waals surface area contributed by atoms with Gasteiger partial charge in [0, 0.05) is 29.9 Å². The van der Waals surface area contributed by atoms with Crippen molar-refractivity contribution < 1.29 is 4.92 Å². The Morgan fingerprint density at radius 2 is 2.16 bits per heavy atom. The van der Waals surface area contributed by atoms with Crippen molar-refractivity contribution >= 4 is 17.3 Å². The molecule has 0 amide bonds. The molecule has 0 saturated carbocycles. The topological polar surface area (TPSA) is 87.0 Å². The van der Waals surface area contributed by atoms with E-state index in [9.17, 15) is 10.1 Å². The fraction of sp³-hybridized carbons (Fsp3) is 0.250. The standard InChI is InChI=1S/C12H13ClN4O2/c1-7-10(6-14)8(2)16(15-7)12-4-3-9(17(18)19)5-11(12)13/h3-5H,6,14H2,1-2H3. The van der Waals surface area contributed by atoms with Crippen LogP contribution in [-0.2, 0) is 6.54 Å². The van der Waals surface area contributed by atoms with Crippen molar-refractivity contribution in [3.63, 3.8) is 0 Å². The Labute approximate surface area is 114 Å². The van der Waals surface area contributed by atoms with Crippen LogP contribution in [-0.4, -0.2) is 14.7 Å². The fourth-order valence-corrected chi connectivity index (χ4v) is 2.24. The molecular formula is C12H13ClN4O2. The van der Waals surface area contributed by atoms with E-state index in [0.29, 0.717) is 12.2 Å². The maximum atomic E-state index is 10.7. The zero-order valence-corrected chi connectivity index (χ0v) is 11.3. The quantitative estimate of drug-likeness (QED) is 0.691. The first-order valence-electron chi connectivity index (χ1n) is 5.65. The second-order valence-electron chi connectivity index (χ2n) is 4.16. The third-order valence-corrected chi connectivity index (χ3v) is 3.32. The summed E-state index contributed by atoms with van der Waals surface area (Å²) in [4.78, 5) is 10.2. The van der Waals surface area contributed by atoms with Crippen LogP contribution in [0, 0.1) is 24.0 Å². The van der Waals surface area contributed by atoms with Crippen molar-refractivity contribution in [2.24, 2.45) is 5.73 Å². The first-order chi connectivity index (χ1) is 8.95. The first-order valence-corrected chi connectivity index (χ1v) is 6.03. The van der Waals surface area contributed by atoms with Gasteiger partial charge in [0.15, 0.2) is 0 Å². The number of non-ortho nitro benzene ring substituents is 1. The molecule has 0 radical (unpaired) electrons. The average Bonchev–Trinajstić information content (AvgIpc) is 2.64. The average molecular weight is 281 g/mol. The summed E-state index contributed by atoms with van der Waals surface area (Å²) in [5.41, 5.74) is 8.89. The van der Waals surface area contributed by atoms with E-state index in [0.717, 1.165) is 17.0 Å². The summed E-state index contributed by atoms with van der Waals surface area (Å²) < 4.78 is 1.66. The lowest BCUT2D eigenvalue weighted by atomic mass is 10.2. The van der Waals surface area contributed by atoms with E-state index in [1.807, 2.05) is 13.8 Å². The molecule has 6 nitrogen and oxygen atoms in total. The van der Waals surface area contributed by atoms with Gasteiger partial charge in [-0.15, -0.1) is 0 Å². The number of aryl methyl sites for hydroxylation is 1. The SMILES string of the molecule is Cc1nn(-c2ccc([N+](=O)[O-])cc2Cl)c(C)c1CN. The number of hydrogen-bond donors (Lipinski definition) is 1. The lowest BCUT2D eigenvalue weighted by Crippen LogP contribution is -2.03. The van der Waals surface area contributed by atoms with Gasteiger partial charge in [0.05, 0.1) is 21.3 Å². The van der Waals surface area contributed by atoms with Crippen molar-refractivity contribution in [3.8, 4) is 5.69 Å². The van der Waals surface area contributed by atoms with Crippen LogP contribution in [0.15, 0.2) is 18.2 Å². The number of nitro benzene ring substituents is 1. The highest BCUT2D eigenvalue weighted by Gasteiger charge is 2.16. The van der Waals surface area contributed by atoms with E-state index in [1.54, 1.807) is 10.7 Å². The Bertz CT molecular complexity index is 651. The predicted molar refractivity (Wildman–Crippen MR) is 72.6 cm³/mol. The zero-order valence-electron chi connectivity index (χ0n) is 10.6. The lowest BCUT2D eigenvalue weighted by Gasteiger charge is -2.07. The molecule has 0 aliphatic carbocycles. The van der Waals surface area contributed by atoms with Crippen LogP contribution < -0.4 is 5.73 Å². The Kier molecular flexibility index (Phi) is 3.55. The van der Waals surface area contributed by atoms with Gasteiger partial charge in [0.1, 0.15) is 0 Å². The van der Waals surface area contributed by atoms with Gasteiger partial charge >= 0.3 is 0 Å². The molecule has 19 heavy (non-hydrogen) atoms. The van der Waals surface area contributed by atoms with E-state index in [-0.39, 0.29) is 10.7 Å². The number of nitrogens with zero attached hydrogens (tertiary/aromatic N) is 3. The number of aromatic nitrogens is 2. The van der Waals surface area contributed by atoms with E-state index >= 15 is 0 Å². The zero-order chi connectivity index (χ0) is 14.2. The Morgan fingerprint density at radius 3 is 2.63 bits per heavy atom. The Morgan fingerprint density at radius 1 is 1.47 bits per heavy atom. The molecule has 2 N–H and O–H groups in total. The minimum Gasteiger partial charge on any atom is -0.326 e. The van der Waals surface area contributed by atoms with E-state index in [4.69, 9.17) is 17.3 Å². The lowest BCUT2D eigenvalue weighted by molar-refractivity contribution is -0.384. The number of hydrogen-bond acceptors (Lipinski definition) is 4. The van der Waals surface area contributed by atoms with Gasteiger partial charge in [-0.3, -0.25) is 10.1 Å². The smallest absolute Gasteiger partial charge is 0.271 e. The Hall–Kier alpha value is -1.92. The van der Waals surface area contributed by atoms with E-state index in [2.05, 4.69) is 5.10 Å². The fourth-order valence-electron chi connectivity index (χ4n) is 1.99. The van der Waals surface area contributed by atoms with Gasteiger partial charge in [0.25, 0.3) is 5.69 Å². The van der Waals surface area contributed by atoms with Gasteiger partial charge in [-0.1, -0.05) is 11.6 Å². The van der Waals surface area contributed by atoms with Crippen molar-refractivity contribution in [2.45, 2.75) is 20.4 Å². The molecule has 1 aromatic carbocycles. The van der Waals surface area contributed by atoms with Gasteiger partial charge in [0.2, 0.25) is 0 Å². The molecular weight excluding hydrogens is 268 g/mol. The van der Waals surface area contributed by atoms with Crippen LogP contribution >= 0.6 is 11.6 Å². The summed E-state index contributed by atoms with van der Waals surface area (Å²) in [6, 6.07) is 4.30. The number of halogens is 1. The van der Waals surface area contributed by atoms with Gasteiger partial charge in [-0.25, -0.2) is 4.68 Å². The normalized spacial score (nSPS) is 10.7. The summed E-state index contributed by atoms with van der Waals surface area (Å²) >= 11 is 6.09. The number of rotatable bonds is 3. The minimum atomic E-state index is -0.484. The molecule has 0 spiro atoms. The summed E-state index contributed by atoms with van der Waals surface area (Å²) in [6.45, 7) is 4.15. The van der Waals surface area contributed by atoms with Crippen molar-refractivity contribution in [3.05, 3.63) is 50.3 Å².